The molecule has 0 spiro atoms. The molecule has 0 aliphatic carbocycles. The molecule has 0 aromatic heterocycles. The van der Waals surface area contributed by atoms with Crippen LogP contribution in [0.3, 0.4) is 0 Å². The maximum absolute atomic E-state index is 12.1. The molecular weight excluding hydrogens is 304 g/mol. The van der Waals surface area contributed by atoms with E-state index in [0.29, 0.717) is 12.8 Å². The summed E-state index contributed by atoms with van der Waals surface area (Å²) < 4.78 is 10.1. The van der Waals surface area contributed by atoms with E-state index in [1.807, 2.05) is 54.6 Å². The number of benzene rings is 2. The fraction of sp³-hybridized carbons (Fsp3) is 0.350. The summed E-state index contributed by atoms with van der Waals surface area (Å²) in [5, 5.41) is 9.74. The molecule has 0 heterocycles. The van der Waals surface area contributed by atoms with E-state index in [9.17, 15) is 9.90 Å². The van der Waals surface area contributed by atoms with Gasteiger partial charge in [-0.1, -0.05) is 42.5 Å². The van der Waals surface area contributed by atoms with Gasteiger partial charge in [0.15, 0.2) is 0 Å². The van der Waals surface area contributed by atoms with E-state index in [0.717, 1.165) is 16.9 Å². The Morgan fingerprint density at radius 3 is 2.17 bits per heavy atom. The van der Waals surface area contributed by atoms with Crippen molar-refractivity contribution >= 4 is 5.97 Å². The summed E-state index contributed by atoms with van der Waals surface area (Å²) in [6.07, 6.45) is 1.31. The van der Waals surface area contributed by atoms with Crippen LogP contribution in [0.25, 0.3) is 0 Å². The van der Waals surface area contributed by atoms with Crippen molar-refractivity contribution < 1.29 is 19.4 Å². The molecule has 128 valence electrons. The van der Waals surface area contributed by atoms with Gasteiger partial charge in [-0.3, -0.25) is 4.79 Å². The number of aliphatic hydroxyl groups is 1. The van der Waals surface area contributed by atoms with Crippen LogP contribution in [-0.4, -0.2) is 31.9 Å². The highest BCUT2D eigenvalue weighted by atomic mass is 16.5. The van der Waals surface area contributed by atoms with Crippen LogP contribution in [-0.2, 0) is 9.53 Å². The van der Waals surface area contributed by atoms with E-state index in [2.05, 4.69) is 0 Å². The van der Waals surface area contributed by atoms with Gasteiger partial charge in [-0.25, -0.2) is 0 Å². The fourth-order valence-electron chi connectivity index (χ4n) is 2.86. The Balaban J connectivity index is 2.09. The Labute approximate surface area is 143 Å². The number of rotatable bonds is 8. The predicted octanol–water partition coefficient (Wildman–Crippen LogP) is 3.51. The quantitative estimate of drug-likeness (QED) is 0.754. The first-order valence-electron chi connectivity index (χ1n) is 8.07. The molecule has 0 saturated heterocycles. The number of hydrogen-bond acceptors (Lipinski definition) is 4. The zero-order valence-electron chi connectivity index (χ0n) is 14.1. The van der Waals surface area contributed by atoms with Crippen molar-refractivity contribution in [1.82, 2.24) is 0 Å². The molecule has 0 saturated carbocycles. The molecule has 2 aromatic carbocycles. The van der Waals surface area contributed by atoms with Gasteiger partial charge >= 0.3 is 5.97 Å². The molecule has 2 unspecified atom stereocenters. The lowest BCUT2D eigenvalue weighted by molar-refractivity contribution is -0.142. The summed E-state index contributed by atoms with van der Waals surface area (Å²) >= 11 is 0. The van der Waals surface area contributed by atoms with Crippen molar-refractivity contribution in [1.29, 1.82) is 0 Å². The number of carbonyl (C=O) groups is 1. The van der Waals surface area contributed by atoms with Crippen molar-refractivity contribution in [3.8, 4) is 5.75 Å². The normalized spacial score (nSPS) is 13.1. The lowest BCUT2D eigenvalue weighted by Gasteiger charge is -2.19. The molecule has 0 bridgehead atoms. The molecule has 0 amide bonds. The lowest BCUT2D eigenvalue weighted by atomic mass is 9.87. The third-order valence-electron chi connectivity index (χ3n) is 4.30. The van der Waals surface area contributed by atoms with Crippen molar-refractivity contribution in [2.24, 2.45) is 0 Å². The van der Waals surface area contributed by atoms with Crippen molar-refractivity contribution in [2.45, 2.75) is 24.7 Å². The Morgan fingerprint density at radius 1 is 0.958 bits per heavy atom. The minimum absolute atomic E-state index is 0.0215. The molecule has 2 rings (SSSR count). The molecule has 24 heavy (non-hydrogen) atoms. The standard InChI is InChI=1S/C20H24O4/c1-23-18-11-8-15(9-12-18)17(14-21)10-13-19(20(22)24-2)16-6-4-3-5-7-16/h3-9,11-12,17,19,21H,10,13-14H2,1-2H3. The van der Waals surface area contributed by atoms with Crippen LogP contribution in [0.15, 0.2) is 54.6 Å². The van der Waals surface area contributed by atoms with E-state index < -0.39 is 0 Å². The first kappa shape index (κ1) is 18.0. The smallest absolute Gasteiger partial charge is 0.313 e. The van der Waals surface area contributed by atoms with Gasteiger partial charge in [0.1, 0.15) is 5.75 Å². The van der Waals surface area contributed by atoms with Gasteiger partial charge in [-0.05, 0) is 36.1 Å². The van der Waals surface area contributed by atoms with Crippen LogP contribution < -0.4 is 4.74 Å². The van der Waals surface area contributed by atoms with E-state index in [-0.39, 0.29) is 24.4 Å². The van der Waals surface area contributed by atoms with Crippen LogP contribution in [0.2, 0.25) is 0 Å². The second kappa shape index (κ2) is 9.08. The zero-order valence-corrected chi connectivity index (χ0v) is 14.1. The third-order valence-corrected chi connectivity index (χ3v) is 4.30. The molecule has 0 fully saturated rings. The Hall–Kier alpha value is -2.33. The van der Waals surface area contributed by atoms with Crippen molar-refractivity contribution in [2.75, 3.05) is 20.8 Å². The molecular formula is C20H24O4. The Morgan fingerprint density at radius 2 is 1.62 bits per heavy atom. The van der Waals surface area contributed by atoms with Crippen molar-refractivity contribution in [3.05, 3.63) is 65.7 Å². The highest BCUT2D eigenvalue weighted by Crippen LogP contribution is 2.29. The number of esters is 1. The molecule has 0 aliphatic heterocycles. The van der Waals surface area contributed by atoms with Gasteiger partial charge < -0.3 is 14.6 Å². The molecule has 4 nitrogen and oxygen atoms in total. The molecule has 0 radical (unpaired) electrons. The number of hydrogen-bond donors (Lipinski definition) is 1. The van der Waals surface area contributed by atoms with Gasteiger partial charge in [-0.2, -0.15) is 0 Å². The van der Waals surface area contributed by atoms with Gasteiger partial charge in [-0.15, -0.1) is 0 Å². The number of methoxy groups -OCH3 is 2. The van der Waals surface area contributed by atoms with E-state index >= 15 is 0 Å². The van der Waals surface area contributed by atoms with E-state index in [4.69, 9.17) is 9.47 Å². The van der Waals surface area contributed by atoms with Gasteiger partial charge in [0.05, 0.1) is 20.1 Å². The van der Waals surface area contributed by atoms with Crippen LogP contribution in [0, 0.1) is 0 Å². The minimum atomic E-state index is -0.316. The highest BCUT2D eigenvalue weighted by molar-refractivity contribution is 5.78. The molecule has 0 aliphatic rings. The Kier molecular flexibility index (Phi) is 6.82. The average molecular weight is 328 g/mol. The first-order valence-corrected chi connectivity index (χ1v) is 8.07. The first-order chi connectivity index (χ1) is 11.7. The lowest BCUT2D eigenvalue weighted by Crippen LogP contribution is -2.16. The highest BCUT2D eigenvalue weighted by Gasteiger charge is 2.23. The zero-order chi connectivity index (χ0) is 17.4. The molecule has 1 N–H and O–H groups in total. The average Bonchev–Trinajstić information content (AvgIpc) is 2.65. The Bertz CT molecular complexity index is 622. The van der Waals surface area contributed by atoms with Gasteiger partial charge in [0.2, 0.25) is 0 Å². The number of aliphatic hydroxyl groups excluding tert-OH is 1. The molecule has 2 atom stereocenters. The summed E-state index contributed by atoms with van der Waals surface area (Å²) in [6.45, 7) is 0.0367. The summed E-state index contributed by atoms with van der Waals surface area (Å²) in [5.74, 6) is 0.204. The van der Waals surface area contributed by atoms with Crippen molar-refractivity contribution in [3.63, 3.8) is 0 Å². The number of ether oxygens (including phenoxy) is 2. The van der Waals surface area contributed by atoms with Crippen LogP contribution in [0.1, 0.15) is 35.8 Å². The summed E-state index contributed by atoms with van der Waals surface area (Å²) in [5.41, 5.74) is 1.98. The topological polar surface area (TPSA) is 55.8 Å². The molecule has 4 heteroatoms. The second-order valence-corrected chi connectivity index (χ2v) is 5.72. The third kappa shape index (κ3) is 4.59. The molecule has 2 aromatic rings. The predicted molar refractivity (Wildman–Crippen MR) is 93.3 cm³/mol. The maximum atomic E-state index is 12.1. The van der Waals surface area contributed by atoms with Crippen LogP contribution in [0.4, 0.5) is 0 Å². The second-order valence-electron chi connectivity index (χ2n) is 5.72. The minimum Gasteiger partial charge on any atom is -0.497 e. The van der Waals surface area contributed by atoms with Crippen LogP contribution >= 0.6 is 0 Å². The summed E-state index contributed by atoms with van der Waals surface area (Å²) in [6, 6.07) is 17.3. The monoisotopic (exact) mass is 328 g/mol. The maximum Gasteiger partial charge on any atom is 0.313 e. The SMILES string of the molecule is COC(=O)C(CCC(CO)c1ccc(OC)cc1)c1ccccc1. The van der Waals surface area contributed by atoms with E-state index in [1.54, 1.807) is 7.11 Å². The van der Waals surface area contributed by atoms with Gasteiger partial charge in [0, 0.05) is 12.5 Å². The van der Waals surface area contributed by atoms with Gasteiger partial charge in [0.25, 0.3) is 0 Å². The summed E-state index contributed by atoms with van der Waals surface area (Å²) in [7, 11) is 3.03. The van der Waals surface area contributed by atoms with Crippen LogP contribution in [0.5, 0.6) is 5.75 Å². The summed E-state index contributed by atoms with van der Waals surface area (Å²) in [4.78, 5) is 12.1. The fourth-order valence-corrected chi connectivity index (χ4v) is 2.86. The largest absolute Gasteiger partial charge is 0.497 e. The number of carbonyl (C=O) groups excluding carboxylic acids is 1. The van der Waals surface area contributed by atoms with E-state index in [1.165, 1.54) is 7.11 Å².